The molecular formula is C13H18BrNO4S. The van der Waals surface area contributed by atoms with E-state index in [4.69, 9.17) is 5.11 Å². The molecule has 112 valence electrons. The zero-order valence-electron chi connectivity index (χ0n) is 11.6. The fraction of sp³-hybridized carbons (Fsp3) is 0.462. The van der Waals surface area contributed by atoms with Crippen molar-refractivity contribution in [3.05, 3.63) is 28.2 Å². The molecule has 0 amide bonds. The van der Waals surface area contributed by atoms with Crippen molar-refractivity contribution in [2.45, 2.75) is 32.1 Å². The van der Waals surface area contributed by atoms with Gasteiger partial charge < -0.3 is 5.11 Å². The first-order valence-corrected chi connectivity index (χ1v) is 8.33. The van der Waals surface area contributed by atoms with Crippen LogP contribution in [0.25, 0.3) is 0 Å². The summed E-state index contributed by atoms with van der Waals surface area (Å²) in [5, 5.41) is 8.99. The van der Waals surface area contributed by atoms with Gasteiger partial charge in [-0.25, -0.2) is 17.9 Å². The number of benzene rings is 1. The lowest BCUT2D eigenvalue weighted by Crippen LogP contribution is -2.27. The Balaban J connectivity index is 2.93. The van der Waals surface area contributed by atoms with Gasteiger partial charge in [0.15, 0.2) is 0 Å². The third-order valence-corrected chi connectivity index (χ3v) is 4.80. The van der Waals surface area contributed by atoms with E-state index < -0.39 is 16.0 Å². The summed E-state index contributed by atoms with van der Waals surface area (Å²) in [5.74, 6) is -1.18. The van der Waals surface area contributed by atoms with Crippen molar-refractivity contribution < 1.29 is 18.3 Å². The highest BCUT2D eigenvalue weighted by atomic mass is 79.9. The molecular weight excluding hydrogens is 346 g/mol. The molecule has 0 saturated heterocycles. The lowest BCUT2D eigenvalue weighted by atomic mass is 9.93. The van der Waals surface area contributed by atoms with Gasteiger partial charge in [0.05, 0.1) is 10.5 Å². The summed E-state index contributed by atoms with van der Waals surface area (Å²) in [6, 6.07) is 3.93. The van der Waals surface area contributed by atoms with Crippen molar-refractivity contribution in [1.29, 1.82) is 0 Å². The van der Waals surface area contributed by atoms with Crippen LogP contribution in [0.3, 0.4) is 0 Å². The Morgan fingerprint density at radius 3 is 2.45 bits per heavy atom. The van der Waals surface area contributed by atoms with E-state index in [1.807, 2.05) is 20.8 Å². The molecule has 0 heterocycles. The molecule has 0 spiro atoms. The lowest BCUT2D eigenvalue weighted by Gasteiger charge is -2.18. The molecule has 2 N–H and O–H groups in total. The van der Waals surface area contributed by atoms with Crippen molar-refractivity contribution >= 4 is 31.9 Å². The van der Waals surface area contributed by atoms with Crippen LogP contribution in [0, 0.1) is 5.41 Å². The van der Waals surface area contributed by atoms with E-state index in [0.717, 1.165) is 6.07 Å². The molecule has 0 aliphatic rings. The fourth-order valence-electron chi connectivity index (χ4n) is 1.48. The highest BCUT2D eigenvalue weighted by Crippen LogP contribution is 2.22. The van der Waals surface area contributed by atoms with E-state index in [1.165, 1.54) is 12.1 Å². The van der Waals surface area contributed by atoms with Crippen LogP contribution in [0.15, 0.2) is 27.6 Å². The Kier molecular flexibility index (Phi) is 5.34. The van der Waals surface area contributed by atoms with Crippen molar-refractivity contribution in [3.63, 3.8) is 0 Å². The van der Waals surface area contributed by atoms with E-state index >= 15 is 0 Å². The van der Waals surface area contributed by atoms with Crippen LogP contribution in [-0.4, -0.2) is 26.0 Å². The molecule has 1 aromatic carbocycles. The first-order valence-electron chi connectivity index (χ1n) is 6.05. The smallest absolute Gasteiger partial charge is 0.336 e. The number of aromatic carboxylic acids is 1. The van der Waals surface area contributed by atoms with E-state index in [-0.39, 0.29) is 15.9 Å². The van der Waals surface area contributed by atoms with Crippen molar-refractivity contribution in [1.82, 2.24) is 4.72 Å². The van der Waals surface area contributed by atoms with Crippen molar-refractivity contribution in [2.24, 2.45) is 5.41 Å². The summed E-state index contributed by atoms with van der Waals surface area (Å²) < 4.78 is 27.0. The zero-order chi connectivity index (χ0) is 15.6. The van der Waals surface area contributed by atoms with Gasteiger partial charge in [-0.1, -0.05) is 20.8 Å². The maximum absolute atomic E-state index is 12.1. The molecule has 7 heteroatoms. The van der Waals surface area contributed by atoms with Crippen LogP contribution < -0.4 is 4.72 Å². The number of carboxylic acid groups (broad SMARTS) is 1. The minimum Gasteiger partial charge on any atom is -0.478 e. The van der Waals surface area contributed by atoms with Gasteiger partial charge in [0.1, 0.15) is 0 Å². The molecule has 1 aromatic rings. The largest absolute Gasteiger partial charge is 0.478 e. The Morgan fingerprint density at radius 2 is 1.95 bits per heavy atom. The van der Waals surface area contributed by atoms with Crippen LogP contribution in [-0.2, 0) is 10.0 Å². The highest BCUT2D eigenvalue weighted by molar-refractivity contribution is 9.10. The van der Waals surface area contributed by atoms with Crippen LogP contribution in [0.5, 0.6) is 0 Å². The van der Waals surface area contributed by atoms with Crippen LogP contribution in [0.2, 0.25) is 0 Å². The van der Waals surface area contributed by atoms with Crippen LogP contribution >= 0.6 is 15.9 Å². The van der Waals surface area contributed by atoms with Gasteiger partial charge in [0.25, 0.3) is 0 Å². The second kappa shape index (κ2) is 6.24. The first-order chi connectivity index (χ1) is 9.03. The third-order valence-electron chi connectivity index (χ3n) is 2.65. The minimum atomic E-state index is -3.69. The van der Waals surface area contributed by atoms with Gasteiger partial charge in [-0.05, 0) is 46.0 Å². The molecule has 1 rings (SSSR count). The maximum Gasteiger partial charge on any atom is 0.336 e. The molecule has 0 radical (unpaired) electrons. The average Bonchev–Trinajstić information content (AvgIpc) is 2.26. The van der Waals surface area contributed by atoms with Gasteiger partial charge >= 0.3 is 5.97 Å². The monoisotopic (exact) mass is 363 g/mol. The molecule has 0 atom stereocenters. The lowest BCUT2D eigenvalue weighted by molar-refractivity contribution is 0.0695. The Hall–Kier alpha value is -0.920. The first kappa shape index (κ1) is 17.1. The van der Waals surface area contributed by atoms with E-state index in [2.05, 4.69) is 20.7 Å². The second-order valence-electron chi connectivity index (χ2n) is 5.66. The zero-order valence-corrected chi connectivity index (χ0v) is 14.0. The summed E-state index contributed by atoms with van der Waals surface area (Å²) >= 11 is 3.08. The number of carbonyl (C=O) groups is 1. The quantitative estimate of drug-likeness (QED) is 0.842. The van der Waals surface area contributed by atoms with Gasteiger partial charge in [-0.2, -0.15) is 0 Å². The molecule has 0 aliphatic carbocycles. The number of carboxylic acids is 1. The molecule has 0 fully saturated rings. The van der Waals surface area contributed by atoms with E-state index in [9.17, 15) is 13.2 Å². The number of rotatable bonds is 5. The predicted octanol–water partition coefficient (Wildman–Crippen LogP) is 2.86. The number of nitrogens with one attached hydrogen (secondary N) is 1. The minimum absolute atomic E-state index is 0.0223. The molecule has 5 nitrogen and oxygen atoms in total. The molecule has 0 aromatic heterocycles. The topological polar surface area (TPSA) is 83.5 Å². The van der Waals surface area contributed by atoms with Gasteiger partial charge in [-0.15, -0.1) is 0 Å². The Morgan fingerprint density at radius 1 is 1.35 bits per heavy atom. The SMILES string of the molecule is CC(C)(C)CCNS(=O)(=O)c1ccc(Br)c(C(=O)O)c1. The van der Waals surface area contributed by atoms with Gasteiger partial charge in [0, 0.05) is 11.0 Å². The van der Waals surface area contributed by atoms with Crippen molar-refractivity contribution in [3.8, 4) is 0 Å². The van der Waals surface area contributed by atoms with Gasteiger partial charge in [-0.3, -0.25) is 0 Å². The Labute approximate surface area is 127 Å². The summed E-state index contributed by atoms with van der Waals surface area (Å²) in [6.45, 7) is 6.36. The molecule has 0 saturated carbocycles. The highest BCUT2D eigenvalue weighted by Gasteiger charge is 2.19. The maximum atomic E-state index is 12.1. The normalized spacial score (nSPS) is 12.4. The number of hydrogen-bond acceptors (Lipinski definition) is 3. The summed E-state index contributed by atoms with van der Waals surface area (Å²) in [4.78, 5) is 11.0. The number of sulfonamides is 1. The van der Waals surface area contributed by atoms with E-state index in [1.54, 1.807) is 0 Å². The van der Waals surface area contributed by atoms with E-state index in [0.29, 0.717) is 17.4 Å². The number of halogens is 1. The van der Waals surface area contributed by atoms with Crippen LogP contribution in [0.1, 0.15) is 37.6 Å². The summed E-state index contributed by atoms with van der Waals surface area (Å²) in [6.07, 6.45) is 0.689. The molecule has 0 aliphatic heterocycles. The molecule has 0 unspecified atom stereocenters. The Bertz CT molecular complexity index is 605. The van der Waals surface area contributed by atoms with Crippen molar-refractivity contribution in [2.75, 3.05) is 6.54 Å². The third kappa shape index (κ3) is 4.88. The van der Waals surface area contributed by atoms with Gasteiger partial charge in [0.2, 0.25) is 10.0 Å². The standard InChI is InChI=1S/C13H18BrNO4S/c1-13(2,3)6-7-15-20(18,19)9-4-5-11(14)10(8-9)12(16)17/h4-5,8,15H,6-7H2,1-3H3,(H,16,17). The average molecular weight is 364 g/mol. The fourth-order valence-corrected chi connectivity index (χ4v) is 2.95. The predicted molar refractivity (Wildman–Crippen MR) is 80.4 cm³/mol. The number of hydrogen-bond donors (Lipinski definition) is 2. The second-order valence-corrected chi connectivity index (χ2v) is 8.28. The summed E-state index contributed by atoms with van der Waals surface area (Å²) in [5.41, 5.74) is -0.0576. The molecule has 20 heavy (non-hydrogen) atoms. The molecule has 0 bridgehead atoms. The summed E-state index contributed by atoms with van der Waals surface area (Å²) in [7, 11) is -3.69. The van der Waals surface area contributed by atoms with Crippen LogP contribution in [0.4, 0.5) is 0 Å².